The topological polar surface area (TPSA) is 206 Å². The van der Waals surface area contributed by atoms with Gasteiger partial charge in [-0.1, -0.05) is 12.1 Å². The first-order chi connectivity index (χ1) is 18.4. The Labute approximate surface area is 224 Å². The highest BCUT2D eigenvalue weighted by molar-refractivity contribution is 6.31. The number of carbonyl (C=O) groups excluding carboxylic acids is 3. The first-order valence-corrected chi connectivity index (χ1v) is 12.4. The van der Waals surface area contributed by atoms with E-state index in [-0.39, 0.29) is 35.9 Å². The van der Waals surface area contributed by atoms with Crippen molar-refractivity contribution >= 4 is 17.3 Å². The van der Waals surface area contributed by atoms with Gasteiger partial charge in [-0.05, 0) is 13.0 Å². The predicted octanol–water partition coefficient (Wildman–Crippen LogP) is 0.114. The summed E-state index contributed by atoms with van der Waals surface area (Å²) in [5, 5.41) is 53.7. The lowest BCUT2D eigenvalue weighted by molar-refractivity contribution is -0.247. The van der Waals surface area contributed by atoms with Crippen molar-refractivity contribution in [1.82, 2.24) is 0 Å². The second-order valence-electron chi connectivity index (χ2n) is 10.2. The number of aliphatic hydroxyl groups is 3. The van der Waals surface area contributed by atoms with E-state index in [1.54, 1.807) is 6.92 Å². The fourth-order valence-electron chi connectivity index (χ4n) is 5.75. The van der Waals surface area contributed by atoms with Gasteiger partial charge >= 0.3 is 1.43 Å². The number of methoxy groups -OCH3 is 1. The minimum Gasteiger partial charge on any atom is -0.507 e. The molecule has 0 spiro atoms. The van der Waals surface area contributed by atoms with Crippen molar-refractivity contribution in [2.45, 2.75) is 62.4 Å². The van der Waals surface area contributed by atoms with E-state index in [9.17, 15) is 39.9 Å². The molecule has 0 saturated carbocycles. The molecule has 39 heavy (non-hydrogen) atoms. The van der Waals surface area contributed by atoms with Crippen LogP contribution in [0.4, 0.5) is 0 Å². The second kappa shape index (κ2) is 9.66. The van der Waals surface area contributed by atoms with Gasteiger partial charge in [0.05, 0.1) is 42.1 Å². The van der Waals surface area contributed by atoms with Crippen molar-refractivity contribution in [2.75, 3.05) is 13.7 Å². The summed E-state index contributed by atoms with van der Waals surface area (Å²) in [7, 11) is 1.32. The maximum atomic E-state index is 13.6. The minimum absolute atomic E-state index is 0. The van der Waals surface area contributed by atoms with E-state index in [4.69, 9.17) is 19.9 Å². The van der Waals surface area contributed by atoms with Gasteiger partial charge in [0, 0.05) is 42.0 Å². The number of benzene rings is 2. The van der Waals surface area contributed by atoms with Crippen molar-refractivity contribution in [2.24, 2.45) is 5.73 Å². The van der Waals surface area contributed by atoms with Gasteiger partial charge in [0.1, 0.15) is 29.5 Å². The van der Waals surface area contributed by atoms with Crippen LogP contribution in [0.25, 0.3) is 0 Å². The smallest absolute Gasteiger partial charge is 0.507 e. The highest BCUT2D eigenvalue weighted by Crippen LogP contribution is 2.52. The minimum atomic E-state index is -2.24. The highest BCUT2D eigenvalue weighted by atomic mass is 16.7. The lowest BCUT2D eigenvalue weighted by Crippen LogP contribution is -2.53. The highest BCUT2D eigenvalue weighted by Gasteiger charge is 2.50. The summed E-state index contributed by atoms with van der Waals surface area (Å²) in [5.74, 6) is -3.77. The average Bonchev–Trinajstić information content (AvgIpc) is 2.90. The van der Waals surface area contributed by atoms with Gasteiger partial charge in [-0.2, -0.15) is 0 Å². The van der Waals surface area contributed by atoms with Crippen molar-refractivity contribution in [1.29, 1.82) is 0 Å². The quantitative estimate of drug-likeness (QED) is 0.237. The number of aliphatic hydroxyl groups excluding tert-OH is 2. The molecule has 2 aliphatic carbocycles. The number of nitrogens with two attached hydrogens (primary N) is 1. The largest absolute Gasteiger partial charge is 1.00 e. The lowest BCUT2D eigenvalue weighted by Gasteiger charge is -2.42. The van der Waals surface area contributed by atoms with Crippen LogP contribution in [0.2, 0.25) is 0 Å². The maximum Gasteiger partial charge on any atom is 1.00 e. The summed E-state index contributed by atoms with van der Waals surface area (Å²) in [6.07, 6.45) is -5.12. The van der Waals surface area contributed by atoms with Gasteiger partial charge in [-0.3, -0.25) is 14.4 Å². The SMILES string of the molecule is COc1cccc2c1C(=O)c1c(O)c3c(c(O)c1C2=O)C[C@@](O)(C(=O)CO)C[C@@H]3O[C@H]1C[C@H](N)[C@H](O)[C@H](C)O1.[H+]. The standard InChI is InChI=1S/C27H29NO11/c1-10-22(31)13(28)6-17(38-10)39-15-8-27(36,16(30)9-29)7-12-19(15)26(35)21-20(24(12)33)23(32)11-4-3-5-14(37-2)18(11)25(21)34/h3-5,10,13,15,17,22,29,31,33,35-36H,6-9,28H2,1-2H3/p+1/t10-,13-,15-,17-,22+,27-/m0/s1. The molecule has 7 N–H and O–H groups in total. The van der Waals surface area contributed by atoms with Crippen molar-refractivity contribution in [3.63, 3.8) is 0 Å². The van der Waals surface area contributed by atoms with Gasteiger partial charge < -0.3 is 45.5 Å². The van der Waals surface area contributed by atoms with Crippen LogP contribution in [0.15, 0.2) is 18.2 Å². The Balaban J connectivity index is 0.00000370. The number of aromatic hydroxyl groups is 2. The summed E-state index contributed by atoms with van der Waals surface area (Å²) in [6.45, 7) is 0.560. The third kappa shape index (κ3) is 4.11. The summed E-state index contributed by atoms with van der Waals surface area (Å²) >= 11 is 0. The zero-order valence-electron chi connectivity index (χ0n) is 22.2. The normalized spacial score (nSPS) is 29.8. The van der Waals surface area contributed by atoms with E-state index in [0.717, 1.165) is 0 Å². The predicted molar refractivity (Wildman–Crippen MR) is 133 cm³/mol. The van der Waals surface area contributed by atoms with E-state index in [1.165, 1.54) is 25.3 Å². The van der Waals surface area contributed by atoms with Gasteiger partial charge in [-0.15, -0.1) is 0 Å². The molecule has 0 bridgehead atoms. The molecule has 1 aliphatic heterocycles. The third-order valence-electron chi connectivity index (χ3n) is 7.81. The first kappa shape index (κ1) is 27.2. The molecule has 1 fully saturated rings. The molecule has 0 unspecified atom stereocenters. The van der Waals surface area contributed by atoms with Crippen LogP contribution >= 0.6 is 0 Å². The number of hydrogen-bond acceptors (Lipinski definition) is 12. The first-order valence-electron chi connectivity index (χ1n) is 12.4. The Hall–Kier alpha value is -3.39. The summed E-state index contributed by atoms with van der Waals surface area (Å²) in [6, 6.07) is 3.64. The van der Waals surface area contributed by atoms with Crippen molar-refractivity contribution < 1.29 is 55.6 Å². The molecule has 6 atom stereocenters. The van der Waals surface area contributed by atoms with Crippen LogP contribution in [0, 0.1) is 0 Å². The van der Waals surface area contributed by atoms with Crippen LogP contribution in [0.3, 0.4) is 0 Å². The number of rotatable bonds is 5. The molecule has 5 rings (SSSR count). The average molecular weight is 545 g/mol. The molecule has 1 saturated heterocycles. The molecule has 3 aliphatic rings. The number of fused-ring (bicyclic) bond motifs is 3. The van der Waals surface area contributed by atoms with Gasteiger partial charge in [0.15, 0.2) is 17.9 Å². The number of hydrogen-bond donors (Lipinski definition) is 6. The van der Waals surface area contributed by atoms with Crippen molar-refractivity contribution in [3.8, 4) is 17.2 Å². The van der Waals surface area contributed by atoms with Crippen LogP contribution in [0.1, 0.15) is 70.3 Å². The van der Waals surface area contributed by atoms with Crippen LogP contribution in [-0.2, 0) is 20.7 Å². The monoisotopic (exact) mass is 544 g/mol. The summed E-state index contributed by atoms with van der Waals surface area (Å²) in [5.41, 5.74) is 2.37. The zero-order chi connectivity index (χ0) is 28.4. The van der Waals surface area contributed by atoms with Gasteiger partial charge in [-0.25, -0.2) is 0 Å². The van der Waals surface area contributed by atoms with Crippen LogP contribution in [0.5, 0.6) is 17.2 Å². The van der Waals surface area contributed by atoms with Gasteiger partial charge in [0.25, 0.3) is 0 Å². The van der Waals surface area contributed by atoms with Crippen LogP contribution in [-0.4, -0.2) is 86.7 Å². The molecule has 2 aromatic carbocycles. The van der Waals surface area contributed by atoms with Crippen molar-refractivity contribution in [3.05, 3.63) is 51.6 Å². The molecular formula is C27H30NO11+. The maximum absolute atomic E-state index is 13.6. The number of carbonyl (C=O) groups is 3. The lowest BCUT2D eigenvalue weighted by atomic mass is 9.72. The number of ether oxygens (including phenoxy) is 3. The Morgan fingerprint density at radius 2 is 1.87 bits per heavy atom. The van der Waals surface area contributed by atoms with E-state index < -0.39 is 95.7 Å². The number of phenols is 2. The number of ketones is 3. The van der Waals surface area contributed by atoms with E-state index in [2.05, 4.69) is 0 Å². The molecule has 0 aromatic heterocycles. The second-order valence-corrected chi connectivity index (χ2v) is 10.2. The summed E-state index contributed by atoms with van der Waals surface area (Å²) < 4.78 is 17.0. The van der Waals surface area contributed by atoms with E-state index in [1.807, 2.05) is 0 Å². The molecule has 208 valence electrons. The van der Waals surface area contributed by atoms with E-state index >= 15 is 0 Å². The number of Topliss-reactive ketones (excluding diaryl/α,β-unsaturated/α-hetero) is 1. The van der Waals surface area contributed by atoms with E-state index in [0.29, 0.717) is 0 Å². The van der Waals surface area contributed by atoms with Crippen LogP contribution < -0.4 is 10.5 Å². The number of phenolic OH excluding ortho intramolecular Hbond substituents is 2. The Morgan fingerprint density at radius 3 is 2.51 bits per heavy atom. The molecular weight excluding hydrogens is 514 g/mol. The fourth-order valence-corrected chi connectivity index (χ4v) is 5.75. The Morgan fingerprint density at radius 1 is 1.18 bits per heavy atom. The molecule has 12 heteroatoms. The fraction of sp³-hybridized carbons (Fsp3) is 0.444. The molecule has 0 amide bonds. The summed E-state index contributed by atoms with van der Waals surface area (Å²) in [4.78, 5) is 39.7. The Kier molecular flexibility index (Phi) is 6.74. The molecule has 1 heterocycles. The van der Waals surface area contributed by atoms with Gasteiger partial charge in [0.2, 0.25) is 5.78 Å². The Bertz CT molecular complexity index is 1380. The molecule has 0 radical (unpaired) electrons. The third-order valence-corrected chi connectivity index (χ3v) is 7.81. The molecule has 12 nitrogen and oxygen atoms in total. The zero-order valence-corrected chi connectivity index (χ0v) is 21.2. The molecule has 2 aromatic rings.